The lowest BCUT2D eigenvalue weighted by Gasteiger charge is -2.22. The Labute approximate surface area is 357 Å². The van der Waals surface area contributed by atoms with Crippen molar-refractivity contribution in [3.8, 4) is 11.4 Å². The third kappa shape index (κ3) is 11.6. The van der Waals surface area contributed by atoms with Crippen LogP contribution in [0.25, 0.3) is 11.4 Å². The summed E-state index contributed by atoms with van der Waals surface area (Å²) < 4.78 is 77.0. The molecule has 0 spiro atoms. The van der Waals surface area contributed by atoms with E-state index in [9.17, 15) is 41.0 Å². The van der Waals surface area contributed by atoms with Crippen LogP contribution in [0.15, 0.2) is 99.2 Å². The lowest BCUT2D eigenvalue weighted by molar-refractivity contribution is -0.142. The van der Waals surface area contributed by atoms with Crippen molar-refractivity contribution in [2.75, 3.05) is 0 Å². The number of alkyl halides is 6. The predicted octanol–water partition coefficient (Wildman–Crippen LogP) is 10.8. The number of benzene rings is 4. The van der Waals surface area contributed by atoms with Gasteiger partial charge in [0.2, 0.25) is 0 Å². The highest BCUT2D eigenvalue weighted by molar-refractivity contribution is 9.10. The zero-order chi connectivity index (χ0) is 44.2. The van der Waals surface area contributed by atoms with E-state index in [1.54, 1.807) is 33.8 Å². The molecule has 0 radical (unpaired) electrons. The highest BCUT2D eigenvalue weighted by atomic mass is 79.9. The molecule has 2 heterocycles. The molecule has 0 aliphatic heterocycles. The molecule has 0 aliphatic rings. The summed E-state index contributed by atoms with van der Waals surface area (Å²) in [6.07, 6.45) is -8.84. The minimum Gasteiger partial charge on any atom is -0.481 e. The fourth-order valence-corrected chi connectivity index (χ4v) is 8.25. The van der Waals surface area contributed by atoms with Crippen LogP contribution in [0.2, 0.25) is 0 Å². The molecule has 0 atom stereocenters. The highest BCUT2D eigenvalue weighted by Crippen LogP contribution is 2.34. The van der Waals surface area contributed by atoms with E-state index < -0.39 is 40.8 Å². The fourth-order valence-electron chi connectivity index (χ4n) is 5.65. The quantitative estimate of drug-likeness (QED) is 0.0901. The molecule has 0 unspecified atom stereocenters. The van der Waals surface area contributed by atoms with Gasteiger partial charge in [-0.3, -0.25) is 9.59 Å². The second kappa shape index (κ2) is 18.6. The first kappa shape index (κ1) is 45.9. The van der Waals surface area contributed by atoms with Gasteiger partial charge in [-0.2, -0.15) is 56.3 Å². The summed E-state index contributed by atoms with van der Waals surface area (Å²) in [4.78, 5) is 26.9. The van der Waals surface area contributed by atoms with Gasteiger partial charge in [-0.25, -0.2) is 0 Å². The lowest BCUT2D eigenvalue weighted by atomic mass is 9.82. The standard InChI is InChI=1S/C22H22F3N3O2S.C19H15BrF3N3O2S/c1-13-11-17(9-10-18(13)21(3,4)20(29)30)31-12-19-14(2)26-28(27-19)16-7-5-15(6-8-16)22(23,24)25;1-11-17(10-29-15-7-2-12(8-18(27)28)16(20)9-15)25-26(24-11)14-5-3-13(4-6-14)19(21,22)23/h5-11H,12H2,1-4H3,(H,29,30);2-7,9H,8,10H2,1H3,(H,27,28). The monoisotopic (exact) mass is 934 g/mol. The van der Waals surface area contributed by atoms with Crippen molar-refractivity contribution in [1.82, 2.24) is 30.0 Å². The second-order valence-electron chi connectivity index (χ2n) is 13.9. The fraction of sp³-hybridized carbons (Fsp3) is 0.268. The van der Waals surface area contributed by atoms with Crippen molar-refractivity contribution in [1.29, 1.82) is 0 Å². The van der Waals surface area contributed by atoms with Crippen LogP contribution in [-0.4, -0.2) is 52.1 Å². The third-order valence-electron chi connectivity index (χ3n) is 9.13. The van der Waals surface area contributed by atoms with E-state index in [0.29, 0.717) is 45.5 Å². The van der Waals surface area contributed by atoms with Crippen LogP contribution < -0.4 is 0 Å². The first-order valence-corrected chi connectivity index (χ1v) is 20.6. The van der Waals surface area contributed by atoms with Gasteiger partial charge in [0.25, 0.3) is 0 Å². The first-order chi connectivity index (χ1) is 28.0. The number of carboxylic acids is 2. The van der Waals surface area contributed by atoms with Crippen LogP contribution >= 0.6 is 39.5 Å². The average Bonchev–Trinajstić information content (AvgIpc) is 3.74. The Kier molecular flexibility index (Phi) is 14.3. The van der Waals surface area contributed by atoms with Gasteiger partial charge in [0.1, 0.15) is 0 Å². The average molecular weight is 936 g/mol. The molecular weight excluding hydrogens is 899 g/mol. The van der Waals surface area contributed by atoms with Gasteiger partial charge in [-0.05, 0) is 124 Å². The summed E-state index contributed by atoms with van der Waals surface area (Å²) in [6.45, 7) is 8.82. The molecule has 0 saturated carbocycles. The molecule has 0 aliphatic carbocycles. The van der Waals surface area contributed by atoms with Gasteiger partial charge in [0.05, 0.1) is 57.1 Å². The van der Waals surface area contributed by atoms with Crippen molar-refractivity contribution in [2.24, 2.45) is 0 Å². The number of rotatable bonds is 12. The van der Waals surface area contributed by atoms with Crippen LogP contribution in [0.5, 0.6) is 0 Å². The second-order valence-corrected chi connectivity index (χ2v) is 16.9. The summed E-state index contributed by atoms with van der Waals surface area (Å²) in [5.41, 5.74) is 3.60. The Morgan fingerprint density at radius 1 is 0.650 bits per heavy atom. The minimum absolute atomic E-state index is 0.0634. The summed E-state index contributed by atoms with van der Waals surface area (Å²) in [7, 11) is 0. The number of carboxylic acid groups (broad SMARTS) is 2. The molecule has 6 aromatic rings. The van der Waals surface area contributed by atoms with Crippen LogP contribution in [0.3, 0.4) is 0 Å². The molecule has 0 fully saturated rings. The molecule has 0 bridgehead atoms. The van der Waals surface area contributed by atoms with Crippen molar-refractivity contribution >= 4 is 51.4 Å². The molecule has 0 saturated heterocycles. The number of hydrogen-bond donors (Lipinski definition) is 2. The molecule has 316 valence electrons. The molecular formula is C41H37BrF6N6O4S2. The van der Waals surface area contributed by atoms with E-state index in [1.165, 1.54) is 57.4 Å². The lowest BCUT2D eigenvalue weighted by Crippen LogP contribution is -2.29. The van der Waals surface area contributed by atoms with E-state index in [2.05, 4.69) is 36.3 Å². The highest BCUT2D eigenvalue weighted by Gasteiger charge is 2.32. The number of hydrogen-bond acceptors (Lipinski definition) is 8. The number of halogens is 7. The first-order valence-electron chi connectivity index (χ1n) is 17.8. The van der Waals surface area contributed by atoms with Crippen LogP contribution in [0, 0.1) is 20.8 Å². The maximum absolute atomic E-state index is 12.7. The summed E-state index contributed by atoms with van der Waals surface area (Å²) >= 11 is 6.42. The molecule has 10 nitrogen and oxygen atoms in total. The maximum atomic E-state index is 12.7. The van der Waals surface area contributed by atoms with Crippen LogP contribution in [-0.2, 0) is 45.3 Å². The Balaban J connectivity index is 0.000000228. The summed E-state index contributed by atoms with van der Waals surface area (Å²) in [5, 5.41) is 35.7. The van der Waals surface area contributed by atoms with E-state index in [4.69, 9.17) is 5.11 Å². The number of aromatic nitrogens is 6. The summed E-state index contributed by atoms with van der Waals surface area (Å²) in [5.74, 6) is -0.752. The van der Waals surface area contributed by atoms with Gasteiger partial charge in [-0.1, -0.05) is 28.1 Å². The molecule has 4 aromatic carbocycles. The maximum Gasteiger partial charge on any atom is 0.416 e. The number of aliphatic carboxylic acids is 2. The molecule has 19 heteroatoms. The van der Waals surface area contributed by atoms with Gasteiger partial charge in [-0.15, -0.1) is 23.5 Å². The van der Waals surface area contributed by atoms with Crippen molar-refractivity contribution in [2.45, 2.75) is 80.1 Å². The van der Waals surface area contributed by atoms with Gasteiger partial charge < -0.3 is 10.2 Å². The molecule has 2 aromatic heterocycles. The number of carbonyl (C=O) groups is 2. The number of thioether (sulfide) groups is 2. The molecule has 0 amide bonds. The van der Waals surface area contributed by atoms with Gasteiger partial charge >= 0.3 is 24.3 Å². The van der Waals surface area contributed by atoms with Crippen molar-refractivity contribution < 1.29 is 46.1 Å². The SMILES string of the molecule is Cc1cc(SCc2nn(-c3ccc(C(F)(F)F)cc3)nc2C)ccc1C(C)(C)C(=O)O.Cc1nn(-c2ccc(C(F)(F)F)cc2)nc1CSc1ccc(CC(=O)O)c(Br)c1. The predicted molar refractivity (Wildman–Crippen MR) is 219 cm³/mol. The van der Waals surface area contributed by atoms with E-state index in [-0.39, 0.29) is 6.42 Å². The zero-order valence-corrected chi connectivity index (χ0v) is 35.8. The topological polar surface area (TPSA) is 136 Å². The molecule has 60 heavy (non-hydrogen) atoms. The Bertz CT molecular complexity index is 2490. The van der Waals surface area contributed by atoms with E-state index >= 15 is 0 Å². The van der Waals surface area contributed by atoms with Crippen molar-refractivity contribution in [3.63, 3.8) is 0 Å². The van der Waals surface area contributed by atoms with Crippen LogP contribution in [0.1, 0.15) is 64.4 Å². The Hall–Kier alpha value is -5.14. The number of aryl methyl sites for hydroxylation is 3. The largest absolute Gasteiger partial charge is 0.481 e. The van der Waals surface area contributed by atoms with Gasteiger partial charge in [0.15, 0.2) is 0 Å². The van der Waals surface area contributed by atoms with Gasteiger partial charge in [0, 0.05) is 25.8 Å². The van der Waals surface area contributed by atoms with E-state index in [1.807, 2.05) is 37.3 Å². The smallest absolute Gasteiger partial charge is 0.416 e. The Morgan fingerprint density at radius 2 is 1.08 bits per heavy atom. The normalized spacial score (nSPS) is 11.9. The summed E-state index contributed by atoms with van der Waals surface area (Å²) in [6, 6.07) is 20.4. The van der Waals surface area contributed by atoms with E-state index in [0.717, 1.165) is 55.3 Å². The van der Waals surface area contributed by atoms with Crippen LogP contribution in [0.4, 0.5) is 26.3 Å². The van der Waals surface area contributed by atoms with Crippen molar-refractivity contribution in [3.05, 3.63) is 140 Å². The molecule has 2 N–H and O–H groups in total. The molecule has 6 rings (SSSR count). The Morgan fingerprint density at radius 3 is 1.47 bits per heavy atom. The number of nitrogens with zero attached hydrogens (tertiary/aromatic N) is 6. The zero-order valence-electron chi connectivity index (χ0n) is 32.6. The minimum atomic E-state index is -4.39. The third-order valence-corrected chi connectivity index (χ3v) is 11.9.